The summed E-state index contributed by atoms with van der Waals surface area (Å²) in [5, 5.41) is 10.3. The van der Waals surface area contributed by atoms with Gasteiger partial charge < -0.3 is 16.0 Å². The Hall–Kier alpha value is -5.29. The van der Waals surface area contributed by atoms with Crippen molar-refractivity contribution in [2.45, 2.75) is 0 Å². The Morgan fingerprint density at radius 3 is 2.43 bits per heavy atom. The molecule has 0 saturated carbocycles. The Labute approximate surface area is 201 Å². The van der Waals surface area contributed by atoms with Crippen molar-refractivity contribution in [2.24, 2.45) is 0 Å². The van der Waals surface area contributed by atoms with E-state index in [2.05, 4.69) is 35.7 Å². The van der Waals surface area contributed by atoms with Crippen LogP contribution in [-0.4, -0.2) is 20.9 Å². The third kappa shape index (κ3) is 5.05. The van der Waals surface area contributed by atoms with Gasteiger partial charge in [-0.2, -0.15) is 0 Å². The van der Waals surface area contributed by atoms with E-state index in [4.69, 9.17) is 6.57 Å². The van der Waals surface area contributed by atoms with Crippen LogP contribution in [0.25, 0.3) is 15.7 Å². The first-order valence-corrected chi connectivity index (χ1v) is 10.8. The van der Waals surface area contributed by atoms with Crippen molar-refractivity contribution < 1.29 is 4.79 Å². The highest BCUT2D eigenvalue weighted by molar-refractivity contribution is 6.03. The number of hydrogen-bond acceptors (Lipinski definition) is 6. The third-order valence-corrected chi connectivity index (χ3v) is 5.22. The summed E-state index contributed by atoms with van der Waals surface area (Å²) in [7, 11) is 0. The number of amides is 1. The average molecular weight is 457 g/mol. The first kappa shape index (κ1) is 21.6. The molecule has 35 heavy (non-hydrogen) atoms. The lowest BCUT2D eigenvalue weighted by Crippen LogP contribution is -2.13. The van der Waals surface area contributed by atoms with E-state index in [0.717, 1.165) is 28.0 Å². The predicted molar refractivity (Wildman–Crippen MR) is 137 cm³/mol. The van der Waals surface area contributed by atoms with Crippen LogP contribution in [0.3, 0.4) is 0 Å². The van der Waals surface area contributed by atoms with E-state index >= 15 is 0 Å². The molecule has 8 heteroatoms. The quantitative estimate of drug-likeness (QED) is 0.258. The van der Waals surface area contributed by atoms with Crippen molar-refractivity contribution >= 4 is 50.9 Å². The van der Waals surface area contributed by atoms with Gasteiger partial charge in [0, 0.05) is 46.7 Å². The second kappa shape index (κ2) is 9.68. The van der Waals surface area contributed by atoms with Crippen molar-refractivity contribution in [1.29, 1.82) is 0 Å². The van der Waals surface area contributed by atoms with Crippen LogP contribution in [0.2, 0.25) is 0 Å². The topological polar surface area (TPSA) is 96.2 Å². The predicted octanol–water partition coefficient (Wildman–Crippen LogP) is 6.32. The smallest absolute Gasteiger partial charge is 0.274 e. The standard InChI is InChI=1S/C27H19N7O/c1-28-19-5-7-24-23(16-19)25(11-14-30-24)33-22-6-8-26(31-17-22)27(35)34-21-4-2-3-20(15-21)32-18-9-12-29-13-10-18/h2-17H,(H,29,32)(H,30,33)(H,34,35). The number of pyridine rings is 3. The molecule has 0 aliphatic heterocycles. The van der Waals surface area contributed by atoms with Gasteiger partial charge in [-0.3, -0.25) is 14.8 Å². The number of nitrogens with zero attached hydrogens (tertiary/aromatic N) is 4. The molecule has 2 aromatic carbocycles. The number of nitrogens with one attached hydrogen (secondary N) is 3. The highest BCUT2D eigenvalue weighted by Crippen LogP contribution is 2.28. The van der Waals surface area contributed by atoms with Gasteiger partial charge in [0.1, 0.15) is 5.69 Å². The molecule has 168 valence electrons. The summed E-state index contributed by atoms with van der Waals surface area (Å²) in [5.41, 5.74) is 5.53. The van der Waals surface area contributed by atoms with Gasteiger partial charge in [-0.05, 0) is 60.7 Å². The SMILES string of the molecule is [C-]#[N+]c1ccc2nccc(Nc3ccc(C(=O)Nc4cccc(Nc5ccncc5)c4)nc3)c2c1. The van der Waals surface area contributed by atoms with Gasteiger partial charge in [-0.25, -0.2) is 9.83 Å². The number of fused-ring (bicyclic) bond motifs is 1. The molecule has 0 bridgehead atoms. The molecule has 0 aliphatic rings. The van der Waals surface area contributed by atoms with Gasteiger partial charge in [-0.1, -0.05) is 12.1 Å². The van der Waals surface area contributed by atoms with Gasteiger partial charge in [0.05, 0.1) is 24.0 Å². The van der Waals surface area contributed by atoms with Crippen LogP contribution in [0, 0.1) is 6.57 Å². The first-order valence-electron chi connectivity index (χ1n) is 10.8. The van der Waals surface area contributed by atoms with Crippen molar-refractivity contribution in [2.75, 3.05) is 16.0 Å². The van der Waals surface area contributed by atoms with Crippen molar-refractivity contribution in [1.82, 2.24) is 15.0 Å². The Kier molecular flexibility index (Phi) is 5.96. The van der Waals surface area contributed by atoms with Gasteiger partial charge >= 0.3 is 0 Å². The van der Waals surface area contributed by atoms with Crippen LogP contribution in [0.4, 0.5) is 34.1 Å². The summed E-state index contributed by atoms with van der Waals surface area (Å²) in [5.74, 6) is -0.311. The molecule has 0 unspecified atom stereocenters. The molecule has 3 heterocycles. The fourth-order valence-corrected chi connectivity index (χ4v) is 3.54. The summed E-state index contributed by atoms with van der Waals surface area (Å²) < 4.78 is 0. The fraction of sp³-hybridized carbons (Fsp3) is 0. The lowest BCUT2D eigenvalue weighted by atomic mass is 10.1. The molecule has 3 N–H and O–H groups in total. The zero-order valence-electron chi connectivity index (χ0n) is 18.4. The minimum atomic E-state index is -0.311. The minimum Gasteiger partial charge on any atom is -0.355 e. The average Bonchev–Trinajstić information content (AvgIpc) is 2.90. The van der Waals surface area contributed by atoms with E-state index < -0.39 is 0 Å². The monoisotopic (exact) mass is 457 g/mol. The number of aromatic nitrogens is 3. The minimum absolute atomic E-state index is 0.290. The van der Waals surface area contributed by atoms with E-state index in [0.29, 0.717) is 17.1 Å². The highest BCUT2D eigenvalue weighted by Gasteiger charge is 2.09. The van der Waals surface area contributed by atoms with Crippen LogP contribution in [0.5, 0.6) is 0 Å². The molecule has 8 nitrogen and oxygen atoms in total. The molecule has 0 fully saturated rings. The highest BCUT2D eigenvalue weighted by atomic mass is 16.1. The Bertz CT molecular complexity index is 1540. The molecule has 0 radical (unpaired) electrons. The molecule has 0 saturated heterocycles. The van der Waals surface area contributed by atoms with Crippen LogP contribution in [0.1, 0.15) is 10.5 Å². The van der Waals surface area contributed by atoms with E-state index in [9.17, 15) is 4.79 Å². The lowest BCUT2D eigenvalue weighted by Gasteiger charge is -2.11. The number of carbonyl (C=O) groups excluding carboxylic acids is 1. The van der Waals surface area contributed by atoms with Crippen molar-refractivity contribution in [3.63, 3.8) is 0 Å². The largest absolute Gasteiger partial charge is 0.355 e. The number of benzene rings is 2. The normalized spacial score (nSPS) is 10.4. The second-order valence-corrected chi connectivity index (χ2v) is 7.62. The summed E-state index contributed by atoms with van der Waals surface area (Å²) in [6.07, 6.45) is 6.72. The maximum absolute atomic E-state index is 12.7. The number of rotatable bonds is 6. The first-order chi connectivity index (χ1) is 17.2. The summed E-state index contributed by atoms with van der Waals surface area (Å²) in [6.45, 7) is 7.25. The maximum atomic E-state index is 12.7. The molecule has 5 aromatic rings. The Morgan fingerprint density at radius 2 is 1.63 bits per heavy atom. The molecule has 1 amide bonds. The fourth-order valence-electron chi connectivity index (χ4n) is 3.54. The number of anilines is 5. The molecule has 0 aliphatic carbocycles. The molecule has 0 spiro atoms. The lowest BCUT2D eigenvalue weighted by molar-refractivity contribution is 0.102. The van der Waals surface area contributed by atoms with Crippen molar-refractivity contribution in [3.8, 4) is 0 Å². The third-order valence-electron chi connectivity index (χ3n) is 5.22. The second-order valence-electron chi connectivity index (χ2n) is 7.62. The van der Waals surface area contributed by atoms with Gasteiger partial charge in [0.25, 0.3) is 5.91 Å². The van der Waals surface area contributed by atoms with Crippen molar-refractivity contribution in [3.05, 3.63) is 115 Å². The van der Waals surface area contributed by atoms with Crippen LogP contribution in [0.15, 0.2) is 97.6 Å². The molecule has 3 aromatic heterocycles. The zero-order chi connectivity index (χ0) is 24.0. The summed E-state index contributed by atoms with van der Waals surface area (Å²) >= 11 is 0. The zero-order valence-corrected chi connectivity index (χ0v) is 18.4. The molecular formula is C27H19N7O. The van der Waals surface area contributed by atoms with Gasteiger partial charge in [0.2, 0.25) is 0 Å². The van der Waals surface area contributed by atoms with E-state index in [1.165, 1.54) is 0 Å². The van der Waals surface area contributed by atoms with Gasteiger partial charge in [-0.15, -0.1) is 0 Å². The van der Waals surface area contributed by atoms with E-state index in [1.54, 1.807) is 49.1 Å². The molecule has 5 rings (SSSR count). The van der Waals surface area contributed by atoms with Gasteiger partial charge in [0.15, 0.2) is 5.69 Å². The number of hydrogen-bond donors (Lipinski definition) is 3. The Morgan fingerprint density at radius 1 is 0.771 bits per heavy atom. The van der Waals surface area contributed by atoms with Crippen LogP contribution < -0.4 is 16.0 Å². The molecule has 0 atom stereocenters. The number of carbonyl (C=O) groups is 1. The summed E-state index contributed by atoms with van der Waals surface area (Å²) in [4.78, 5) is 28.9. The maximum Gasteiger partial charge on any atom is 0.274 e. The summed E-state index contributed by atoms with van der Waals surface area (Å²) in [6, 6.07) is 21.8. The Balaban J connectivity index is 1.28. The molecular weight excluding hydrogens is 438 g/mol. The van der Waals surface area contributed by atoms with Crippen LogP contribution in [-0.2, 0) is 0 Å². The van der Waals surface area contributed by atoms with Crippen LogP contribution >= 0.6 is 0 Å². The van der Waals surface area contributed by atoms with E-state index in [-0.39, 0.29) is 11.6 Å². The van der Waals surface area contributed by atoms with E-state index in [1.807, 2.05) is 48.5 Å².